The Bertz CT molecular complexity index is 526. The van der Waals surface area contributed by atoms with Gasteiger partial charge in [-0.2, -0.15) is 0 Å². The van der Waals surface area contributed by atoms with Crippen LogP contribution < -0.4 is 11.1 Å². The van der Waals surface area contributed by atoms with Crippen LogP contribution in [0.15, 0.2) is 18.5 Å². The summed E-state index contributed by atoms with van der Waals surface area (Å²) in [6, 6.07) is 1.75. The number of halogens is 1. The normalized spacial score (nSPS) is 12.4. The van der Waals surface area contributed by atoms with Crippen molar-refractivity contribution in [2.24, 2.45) is 0 Å². The minimum Gasteiger partial charge on any atom is -0.396 e. The Balaban J connectivity index is 2.15. The first-order valence-corrected chi connectivity index (χ1v) is 6.35. The van der Waals surface area contributed by atoms with Crippen molar-refractivity contribution in [2.75, 3.05) is 11.1 Å². The van der Waals surface area contributed by atoms with Crippen molar-refractivity contribution < 1.29 is 0 Å². The molecule has 0 saturated heterocycles. The predicted molar refractivity (Wildman–Crippen MR) is 72.5 cm³/mol. The Morgan fingerprint density at radius 2 is 2.18 bits per heavy atom. The van der Waals surface area contributed by atoms with Gasteiger partial charge in [-0.3, -0.25) is 0 Å². The monoisotopic (exact) mass is 268 g/mol. The van der Waals surface area contributed by atoms with Gasteiger partial charge < -0.3 is 11.1 Å². The number of pyridine rings is 1. The van der Waals surface area contributed by atoms with Crippen LogP contribution in [0.2, 0.25) is 5.02 Å². The van der Waals surface area contributed by atoms with E-state index >= 15 is 0 Å². The van der Waals surface area contributed by atoms with Crippen molar-refractivity contribution in [1.82, 2.24) is 9.97 Å². The molecule has 17 heavy (non-hydrogen) atoms. The number of nitrogen functional groups attached to an aromatic ring is 1. The molecule has 2 aromatic heterocycles. The lowest BCUT2D eigenvalue weighted by Crippen LogP contribution is -2.09. The summed E-state index contributed by atoms with van der Waals surface area (Å²) in [7, 11) is 0. The second-order valence-corrected chi connectivity index (χ2v) is 5.47. The fourth-order valence-corrected chi connectivity index (χ4v) is 2.36. The molecular weight excluding hydrogens is 256 g/mol. The van der Waals surface area contributed by atoms with Gasteiger partial charge >= 0.3 is 0 Å². The average molecular weight is 269 g/mol. The number of hydrogen-bond donors (Lipinski definition) is 2. The van der Waals surface area contributed by atoms with Gasteiger partial charge in [0.15, 0.2) is 0 Å². The van der Waals surface area contributed by atoms with Crippen molar-refractivity contribution in [2.45, 2.75) is 19.9 Å². The molecule has 0 aliphatic carbocycles. The van der Waals surface area contributed by atoms with E-state index in [1.54, 1.807) is 23.6 Å². The number of aromatic nitrogens is 2. The van der Waals surface area contributed by atoms with E-state index < -0.39 is 0 Å². The lowest BCUT2D eigenvalue weighted by atomic mass is 10.3. The number of rotatable bonds is 3. The van der Waals surface area contributed by atoms with Crippen molar-refractivity contribution in [3.05, 3.63) is 33.4 Å². The summed E-state index contributed by atoms with van der Waals surface area (Å²) in [5, 5.41) is 4.77. The summed E-state index contributed by atoms with van der Waals surface area (Å²) in [6.07, 6.45) is 3.43. The van der Waals surface area contributed by atoms with E-state index in [9.17, 15) is 0 Å². The molecule has 0 aliphatic heterocycles. The van der Waals surface area contributed by atoms with Crippen LogP contribution in [-0.4, -0.2) is 9.97 Å². The minimum absolute atomic E-state index is 0.0738. The van der Waals surface area contributed by atoms with Crippen molar-refractivity contribution >= 4 is 34.4 Å². The van der Waals surface area contributed by atoms with E-state index in [2.05, 4.69) is 15.3 Å². The van der Waals surface area contributed by atoms with Crippen molar-refractivity contribution in [3.63, 3.8) is 0 Å². The second kappa shape index (κ2) is 4.89. The average Bonchev–Trinajstić information content (AvgIpc) is 2.69. The molecule has 90 valence electrons. The Kier molecular flexibility index (Phi) is 3.49. The summed E-state index contributed by atoms with van der Waals surface area (Å²) in [5.74, 6) is 0.634. The molecule has 1 unspecified atom stereocenters. The largest absolute Gasteiger partial charge is 0.396 e. The van der Waals surface area contributed by atoms with Gasteiger partial charge in [0, 0.05) is 17.3 Å². The van der Waals surface area contributed by atoms with Crippen LogP contribution in [0.1, 0.15) is 22.9 Å². The van der Waals surface area contributed by atoms with Gasteiger partial charge in [0.2, 0.25) is 0 Å². The summed E-state index contributed by atoms with van der Waals surface area (Å²) in [4.78, 5) is 9.67. The number of hydrogen-bond acceptors (Lipinski definition) is 5. The first kappa shape index (κ1) is 12.1. The van der Waals surface area contributed by atoms with Crippen LogP contribution in [0.4, 0.5) is 11.5 Å². The zero-order valence-corrected chi connectivity index (χ0v) is 11.1. The molecule has 6 heteroatoms. The Labute approximate surface area is 109 Å². The smallest absolute Gasteiger partial charge is 0.149 e. The van der Waals surface area contributed by atoms with Gasteiger partial charge in [-0.25, -0.2) is 9.97 Å². The molecule has 0 aromatic carbocycles. The molecule has 0 aliphatic rings. The molecule has 0 bridgehead atoms. The maximum atomic E-state index is 5.83. The van der Waals surface area contributed by atoms with Crippen LogP contribution >= 0.6 is 22.9 Å². The maximum absolute atomic E-state index is 5.83. The molecule has 4 nitrogen and oxygen atoms in total. The zero-order valence-electron chi connectivity index (χ0n) is 9.57. The first-order chi connectivity index (χ1) is 8.06. The van der Waals surface area contributed by atoms with Crippen LogP contribution in [0.25, 0.3) is 0 Å². The highest BCUT2D eigenvalue weighted by atomic mass is 35.5. The predicted octanol–water partition coefficient (Wildman–Crippen LogP) is 3.26. The van der Waals surface area contributed by atoms with Gasteiger partial charge in [-0.05, 0) is 19.9 Å². The number of aryl methyl sites for hydroxylation is 1. The molecule has 1 atom stereocenters. The van der Waals surface area contributed by atoms with Gasteiger partial charge in [-0.15, -0.1) is 11.3 Å². The van der Waals surface area contributed by atoms with Crippen LogP contribution in [-0.2, 0) is 0 Å². The van der Waals surface area contributed by atoms with Gasteiger partial charge in [0.25, 0.3) is 0 Å². The minimum atomic E-state index is 0.0738. The van der Waals surface area contributed by atoms with E-state index in [0.29, 0.717) is 16.5 Å². The van der Waals surface area contributed by atoms with E-state index in [0.717, 1.165) is 5.01 Å². The molecule has 3 N–H and O–H groups in total. The number of nitrogens with zero attached hydrogens (tertiary/aromatic N) is 2. The molecule has 2 rings (SSSR count). The molecule has 2 heterocycles. The van der Waals surface area contributed by atoms with E-state index in [1.165, 1.54) is 4.88 Å². The van der Waals surface area contributed by atoms with E-state index in [-0.39, 0.29) is 6.04 Å². The van der Waals surface area contributed by atoms with Crippen molar-refractivity contribution in [3.8, 4) is 0 Å². The lowest BCUT2D eigenvalue weighted by molar-refractivity contribution is 0.861. The SMILES string of the molecule is Cc1cnc(C(C)Nc2ncc(Cl)cc2N)s1. The number of anilines is 2. The molecule has 0 amide bonds. The highest BCUT2D eigenvalue weighted by Crippen LogP contribution is 2.26. The van der Waals surface area contributed by atoms with Crippen LogP contribution in [0, 0.1) is 6.92 Å². The van der Waals surface area contributed by atoms with Gasteiger partial charge in [0.1, 0.15) is 10.8 Å². The zero-order chi connectivity index (χ0) is 12.4. The maximum Gasteiger partial charge on any atom is 0.149 e. The summed E-state index contributed by atoms with van der Waals surface area (Å²) < 4.78 is 0. The van der Waals surface area contributed by atoms with Crippen LogP contribution in [0.3, 0.4) is 0 Å². The molecule has 0 saturated carbocycles. The van der Waals surface area contributed by atoms with Crippen LogP contribution in [0.5, 0.6) is 0 Å². The number of thiazole rings is 1. The Hall–Kier alpha value is -1.33. The molecule has 0 radical (unpaired) electrons. The Morgan fingerprint density at radius 1 is 1.41 bits per heavy atom. The fraction of sp³-hybridized carbons (Fsp3) is 0.273. The highest BCUT2D eigenvalue weighted by molar-refractivity contribution is 7.11. The summed E-state index contributed by atoms with van der Waals surface area (Å²) in [6.45, 7) is 4.05. The fourth-order valence-electron chi connectivity index (χ4n) is 1.41. The first-order valence-electron chi connectivity index (χ1n) is 5.16. The highest BCUT2D eigenvalue weighted by Gasteiger charge is 2.11. The number of nitrogens with one attached hydrogen (secondary N) is 1. The quantitative estimate of drug-likeness (QED) is 0.897. The molecule has 0 spiro atoms. The molecular formula is C11H13ClN4S. The topological polar surface area (TPSA) is 63.8 Å². The Morgan fingerprint density at radius 3 is 2.76 bits per heavy atom. The van der Waals surface area contributed by atoms with E-state index in [4.69, 9.17) is 17.3 Å². The van der Waals surface area contributed by atoms with E-state index in [1.807, 2.05) is 20.0 Å². The summed E-state index contributed by atoms with van der Waals surface area (Å²) >= 11 is 7.45. The summed E-state index contributed by atoms with van der Waals surface area (Å²) in [5.41, 5.74) is 6.37. The van der Waals surface area contributed by atoms with Gasteiger partial charge in [0.05, 0.1) is 16.8 Å². The molecule has 2 aromatic rings. The number of nitrogens with two attached hydrogens (primary N) is 1. The third-order valence-corrected chi connectivity index (χ3v) is 3.55. The van der Waals surface area contributed by atoms with Crippen molar-refractivity contribution in [1.29, 1.82) is 0 Å². The third kappa shape index (κ3) is 2.87. The third-order valence-electron chi connectivity index (χ3n) is 2.25. The van der Waals surface area contributed by atoms with Gasteiger partial charge in [-0.1, -0.05) is 11.6 Å². The standard InChI is InChI=1S/C11H13ClN4S/c1-6-4-15-11(17-6)7(2)16-10-9(13)3-8(12)5-14-10/h3-5,7H,13H2,1-2H3,(H,14,16). The second-order valence-electron chi connectivity index (χ2n) is 3.77. The lowest BCUT2D eigenvalue weighted by Gasteiger charge is -2.13. The molecule has 0 fully saturated rings.